The van der Waals surface area contributed by atoms with Crippen LogP contribution in [0.2, 0.25) is 0 Å². The third-order valence-electron chi connectivity index (χ3n) is 11.3. The minimum atomic E-state index is 0.953. The quantitative estimate of drug-likeness (QED) is 0.420. The standard InChI is InChI=1S/C30H54/c1-21-5-13-27(14-6-21)28-15-9-25(10-16-28)7-8-26-11-17-29(18-12-26)30-19-22(2)24(4)23(3)20-30/h21-30H,5-20H2,1-4H3. The van der Waals surface area contributed by atoms with Crippen molar-refractivity contribution in [1.29, 1.82) is 0 Å². The van der Waals surface area contributed by atoms with Gasteiger partial charge < -0.3 is 0 Å². The number of rotatable bonds is 5. The molecule has 0 amide bonds. The maximum Gasteiger partial charge on any atom is -0.0381 e. The second-order valence-electron chi connectivity index (χ2n) is 13.2. The van der Waals surface area contributed by atoms with Gasteiger partial charge in [0.15, 0.2) is 0 Å². The summed E-state index contributed by atoms with van der Waals surface area (Å²) in [6.45, 7) is 10.0. The molecule has 0 aromatic rings. The lowest BCUT2D eigenvalue weighted by atomic mass is 9.63. The molecule has 0 heteroatoms. The molecule has 4 saturated carbocycles. The fourth-order valence-electron chi connectivity index (χ4n) is 8.55. The van der Waals surface area contributed by atoms with Crippen molar-refractivity contribution >= 4 is 0 Å². The third kappa shape index (κ3) is 5.86. The van der Waals surface area contributed by atoms with E-state index in [2.05, 4.69) is 27.7 Å². The molecule has 4 aliphatic carbocycles. The minimum absolute atomic E-state index is 0.953. The Kier molecular flexibility index (Phi) is 8.30. The van der Waals surface area contributed by atoms with Gasteiger partial charge in [-0.2, -0.15) is 0 Å². The lowest BCUT2D eigenvalue weighted by Gasteiger charge is -2.43. The molecule has 174 valence electrons. The zero-order valence-corrected chi connectivity index (χ0v) is 21.1. The summed E-state index contributed by atoms with van der Waals surface area (Å²) in [6, 6.07) is 0. The average molecular weight is 415 g/mol. The molecule has 0 aromatic heterocycles. The highest BCUT2D eigenvalue weighted by molar-refractivity contribution is 4.87. The highest BCUT2D eigenvalue weighted by atomic mass is 14.4. The van der Waals surface area contributed by atoms with E-state index in [4.69, 9.17) is 0 Å². The maximum absolute atomic E-state index is 2.53. The first kappa shape index (κ1) is 23.2. The average Bonchev–Trinajstić information content (AvgIpc) is 2.77. The van der Waals surface area contributed by atoms with Crippen LogP contribution in [0.15, 0.2) is 0 Å². The predicted molar refractivity (Wildman–Crippen MR) is 131 cm³/mol. The molecule has 4 aliphatic rings. The molecule has 0 bridgehead atoms. The van der Waals surface area contributed by atoms with Crippen molar-refractivity contribution < 1.29 is 0 Å². The van der Waals surface area contributed by atoms with E-state index in [0.717, 1.165) is 59.2 Å². The van der Waals surface area contributed by atoms with E-state index in [9.17, 15) is 0 Å². The molecule has 0 aromatic carbocycles. The first-order valence-corrected chi connectivity index (χ1v) is 14.5. The van der Waals surface area contributed by atoms with Gasteiger partial charge >= 0.3 is 0 Å². The second-order valence-corrected chi connectivity index (χ2v) is 13.2. The van der Waals surface area contributed by atoms with E-state index in [0.29, 0.717) is 0 Å². The van der Waals surface area contributed by atoms with Gasteiger partial charge in [-0.15, -0.1) is 0 Å². The monoisotopic (exact) mass is 414 g/mol. The topological polar surface area (TPSA) is 0 Å². The van der Waals surface area contributed by atoms with Crippen molar-refractivity contribution in [3.8, 4) is 0 Å². The summed E-state index contributed by atoms with van der Waals surface area (Å²) in [5, 5.41) is 0. The zero-order valence-electron chi connectivity index (χ0n) is 21.1. The Hall–Kier alpha value is 0. The van der Waals surface area contributed by atoms with Crippen molar-refractivity contribution in [2.24, 2.45) is 59.2 Å². The van der Waals surface area contributed by atoms with Crippen LogP contribution in [0.1, 0.15) is 130 Å². The van der Waals surface area contributed by atoms with Crippen LogP contribution in [-0.2, 0) is 0 Å². The molecule has 4 fully saturated rings. The summed E-state index contributed by atoms with van der Waals surface area (Å²) < 4.78 is 0. The van der Waals surface area contributed by atoms with Crippen LogP contribution in [-0.4, -0.2) is 0 Å². The number of hydrogen-bond donors (Lipinski definition) is 0. The first-order valence-electron chi connectivity index (χ1n) is 14.5. The van der Waals surface area contributed by atoms with Crippen LogP contribution in [0, 0.1) is 59.2 Å². The Balaban J connectivity index is 1.11. The van der Waals surface area contributed by atoms with Gasteiger partial charge in [-0.25, -0.2) is 0 Å². The summed E-state index contributed by atoms with van der Waals surface area (Å²) in [5.41, 5.74) is 0. The molecule has 0 saturated heterocycles. The summed E-state index contributed by atoms with van der Waals surface area (Å²) in [6.07, 6.45) is 24.9. The van der Waals surface area contributed by atoms with Crippen molar-refractivity contribution in [2.75, 3.05) is 0 Å². The van der Waals surface area contributed by atoms with Crippen molar-refractivity contribution in [3.63, 3.8) is 0 Å². The van der Waals surface area contributed by atoms with Crippen LogP contribution >= 0.6 is 0 Å². The summed E-state index contributed by atoms with van der Waals surface area (Å²) in [7, 11) is 0. The van der Waals surface area contributed by atoms with Gasteiger partial charge in [0.25, 0.3) is 0 Å². The molecule has 2 atom stereocenters. The molecule has 0 nitrogen and oxygen atoms in total. The van der Waals surface area contributed by atoms with E-state index >= 15 is 0 Å². The molecule has 0 spiro atoms. The Morgan fingerprint density at radius 1 is 0.433 bits per heavy atom. The van der Waals surface area contributed by atoms with Gasteiger partial charge in [0, 0.05) is 0 Å². The summed E-state index contributed by atoms with van der Waals surface area (Å²) in [5.74, 6) is 10.4. The van der Waals surface area contributed by atoms with E-state index < -0.39 is 0 Å². The molecule has 2 unspecified atom stereocenters. The molecule has 30 heavy (non-hydrogen) atoms. The highest BCUT2D eigenvalue weighted by Crippen LogP contribution is 2.47. The largest absolute Gasteiger partial charge is 0.0625 e. The van der Waals surface area contributed by atoms with Crippen molar-refractivity contribution in [2.45, 2.75) is 130 Å². The summed E-state index contributed by atoms with van der Waals surface area (Å²) >= 11 is 0. The Morgan fingerprint density at radius 3 is 1.23 bits per heavy atom. The fraction of sp³-hybridized carbons (Fsp3) is 1.00. The number of hydrogen-bond acceptors (Lipinski definition) is 0. The smallest absolute Gasteiger partial charge is 0.0381 e. The van der Waals surface area contributed by atoms with E-state index in [-0.39, 0.29) is 0 Å². The lowest BCUT2D eigenvalue weighted by Crippen LogP contribution is -2.33. The molecule has 4 rings (SSSR count). The van der Waals surface area contributed by atoms with Crippen LogP contribution in [0.25, 0.3) is 0 Å². The van der Waals surface area contributed by atoms with Crippen LogP contribution in [0.5, 0.6) is 0 Å². The van der Waals surface area contributed by atoms with Gasteiger partial charge in [0.2, 0.25) is 0 Å². The molecular formula is C30H54. The third-order valence-corrected chi connectivity index (χ3v) is 11.3. The van der Waals surface area contributed by atoms with Gasteiger partial charge in [0.05, 0.1) is 0 Å². The first-order chi connectivity index (χ1) is 14.5. The lowest BCUT2D eigenvalue weighted by molar-refractivity contribution is 0.0763. The maximum atomic E-state index is 2.53. The molecular weight excluding hydrogens is 360 g/mol. The highest BCUT2D eigenvalue weighted by Gasteiger charge is 2.36. The molecule has 0 aliphatic heterocycles. The van der Waals surface area contributed by atoms with Gasteiger partial charge in [-0.05, 0) is 111 Å². The SMILES string of the molecule is CC1CCC(C2CCC(CCC3CCC(C4CC(C)C(C)C(C)C4)CC3)CC2)CC1. The van der Waals surface area contributed by atoms with E-state index in [1.54, 1.807) is 77.0 Å². The summed E-state index contributed by atoms with van der Waals surface area (Å²) in [4.78, 5) is 0. The minimum Gasteiger partial charge on any atom is -0.0625 e. The normalized spacial score (nSPS) is 48.4. The Bertz CT molecular complexity index is 472. The Labute approximate surface area is 189 Å². The molecule has 0 N–H and O–H groups in total. The van der Waals surface area contributed by atoms with Crippen LogP contribution in [0.4, 0.5) is 0 Å². The van der Waals surface area contributed by atoms with Gasteiger partial charge in [-0.1, -0.05) is 79.1 Å². The van der Waals surface area contributed by atoms with E-state index in [1.807, 2.05) is 0 Å². The Morgan fingerprint density at radius 2 is 0.800 bits per heavy atom. The molecule has 0 radical (unpaired) electrons. The fourth-order valence-corrected chi connectivity index (χ4v) is 8.55. The van der Waals surface area contributed by atoms with Crippen LogP contribution < -0.4 is 0 Å². The second kappa shape index (κ2) is 10.7. The van der Waals surface area contributed by atoms with Crippen LogP contribution in [0.3, 0.4) is 0 Å². The van der Waals surface area contributed by atoms with Crippen molar-refractivity contribution in [1.82, 2.24) is 0 Å². The predicted octanol–water partition coefficient (Wildman–Crippen LogP) is 9.52. The van der Waals surface area contributed by atoms with E-state index in [1.165, 1.54) is 25.7 Å². The van der Waals surface area contributed by atoms with Gasteiger partial charge in [-0.3, -0.25) is 0 Å². The van der Waals surface area contributed by atoms with Crippen molar-refractivity contribution in [3.05, 3.63) is 0 Å². The molecule has 0 heterocycles. The zero-order chi connectivity index (χ0) is 21.1. The van der Waals surface area contributed by atoms with Gasteiger partial charge in [0.1, 0.15) is 0 Å².